The average molecular weight is 152 g/mol. The van der Waals surface area contributed by atoms with Crippen molar-refractivity contribution in [1.82, 2.24) is 0 Å². The number of hydrogen-bond acceptors (Lipinski definition) is 1. The number of hydrogen-bond donors (Lipinski definition) is 0. The molecule has 1 aliphatic rings. The van der Waals surface area contributed by atoms with Gasteiger partial charge in [0.25, 0.3) is 0 Å². The van der Waals surface area contributed by atoms with Gasteiger partial charge in [-0.25, -0.2) is 0 Å². The number of rotatable bonds is 3. The Morgan fingerprint density at radius 1 is 1.45 bits per heavy atom. The minimum Gasteiger partial charge on any atom is -0.367 e. The van der Waals surface area contributed by atoms with Crippen LogP contribution < -0.4 is 0 Å². The van der Waals surface area contributed by atoms with Crippen molar-refractivity contribution in [2.24, 2.45) is 0 Å². The Morgan fingerprint density at radius 3 is 2.64 bits per heavy atom. The van der Waals surface area contributed by atoms with Gasteiger partial charge in [-0.1, -0.05) is 31.2 Å². The summed E-state index contributed by atoms with van der Waals surface area (Å²) >= 11 is 0. The zero-order valence-electron chi connectivity index (χ0n) is 7.29. The summed E-state index contributed by atoms with van der Waals surface area (Å²) in [7, 11) is 0. The predicted octanol–water partition coefficient (Wildman–Crippen LogP) is 2.69. The fourth-order valence-electron chi connectivity index (χ4n) is 1.02. The zero-order valence-corrected chi connectivity index (χ0v) is 7.29. The molecule has 1 nitrogen and oxygen atoms in total. The highest BCUT2D eigenvalue weighted by Crippen LogP contribution is 2.09. The molecule has 1 atom stereocenters. The molecule has 0 saturated carbocycles. The summed E-state index contributed by atoms with van der Waals surface area (Å²) in [6.07, 6.45) is 11.3. The maximum absolute atomic E-state index is 5.67. The molecule has 0 fully saturated rings. The van der Waals surface area contributed by atoms with Crippen LogP contribution in [-0.4, -0.2) is 12.2 Å². The third-order valence-electron chi connectivity index (χ3n) is 1.89. The highest BCUT2D eigenvalue weighted by atomic mass is 16.5. The summed E-state index contributed by atoms with van der Waals surface area (Å²) < 4.78 is 5.67. The predicted molar refractivity (Wildman–Crippen MR) is 47.5 cm³/mol. The van der Waals surface area contributed by atoms with Crippen molar-refractivity contribution in [3.05, 3.63) is 24.3 Å². The molecule has 1 unspecified atom stereocenters. The third-order valence-corrected chi connectivity index (χ3v) is 1.89. The van der Waals surface area contributed by atoms with Gasteiger partial charge in [-0.3, -0.25) is 0 Å². The molecule has 0 saturated heterocycles. The molecule has 0 aromatic heterocycles. The maximum atomic E-state index is 5.67. The molecule has 0 aliphatic heterocycles. The average Bonchev–Trinajstić information content (AvgIpc) is 2.06. The van der Waals surface area contributed by atoms with Crippen LogP contribution in [0.4, 0.5) is 0 Å². The molecular formula is C10H16O. The van der Waals surface area contributed by atoms with E-state index in [1.807, 2.05) is 0 Å². The van der Waals surface area contributed by atoms with Crippen molar-refractivity contribution in [2.75, 3.05) is 0 Å². The van der Waals surface area contributed by atoms with Crippen molar-refractivity contribution in [2.45, 2.75) is 38.9 Å². The van der Waals surface area contributed by atoms with Gasteiger partial charge in [0.2, 0.25) is 0 Å². The smallest absolute Gasteiger partial charge is 0.0941 e. The van der Waals surface area contributed by atoms with E-state index in [1.54, 1.807) is 0 Å². The van der Waals surface area contributed by atoms with Gasteiger partial charge in [0.1, 0.15) is 0 Å². The van der Waals surface area contributed by atoms with Crippen LogP contribution in [0.1, 0.15) is 26.7 Å². The van der Waals surface area contributed by atoms with E-state index in [4.69, 9.17) is 4.74 Å². The lowest BCUT2D eigenvalue weighted by atomic mass is 10.1. The first-order valence-corrected chi connectivity index (χ1v) is 4.31. The summed E-state index contributed by atoms with van der Waals surface area (Å²) in [4.78, 5) is 0. The normalized spacial score (nSPS) is 20.5. The van der Waals surface area contributed by atoms with E-state index in [9.17, 15) is 0 Å². The quantitative estimate of drug-likeness (QED) is 0.565. The van der Waals surface area contributed by atoms with E-state index in [2.05, 4.69) is 38.2 Å². The largest absolute Gasteiger partial charge is 0.367 e. The van der Waals surface area contributed by atoms with Crippen LogP contribution in [0.15, 0.2) is 24.3 Å². The minimum atomic E-state index is 0.221. The Kier molecular flexibility index (Phi) is 3.37. The molecule has 0 heterocycles. The first-order chi connectivity index (χ1) is 5.33. The molecule has 62 valence electrons. The maximum Gasteiger partial charge on any atom is 0.0941 e. The van der Waals surface area contributed by atoms with Gasteiger partial charge in [0.15, 0.2) is 0 Å². The van der Waals surface area contributed by atoms with Gasteiger partial charge in [0.05, 0.1) is 12.2 Å². The monoisotopic (exact) mass is 152 g/mol. The van der Waals surface area contributed by atoms with E-state index in [0.29, 0.717) is 6.10 Å². The minimum absolute atomic E-state index is 0.221. The van der Waals surface area contributed by atoms with Crippen LogP contribution in [0.3, 0.4) is 0 Å². The molecule has 1 heteroatoms. The molecule has 0 N–H and O–H groups in total. The highest BCUT2D eigenvalue weighted by Gasteiger charge is 2.06. The molecule has 0 spiro atoms. The Balaban J connectivity index is 2.30. The van der Waals surface area contributed by atoms with Crippen molar-refractivity contribution in [3.63, 3.8) is 0 Å². The summed E-state index contributed by atoms with van der Waals surface area (Å²) in [5, 5.41) is 0. The lowest BCUT2D eigenvalue weighted by molar-refractivity contribution is 0.0461. The third kappa shape index (κ3) is 2.89. The van der Waals surface area contributed by atoms with Gasteiger partial charge >= 0.3 is 0 Å². The van der Waals surface area contributed by atoms with Crippen molar-refractivity contribution in [3.8, 4) is 0 Å². The topological polar surface area (TPSA) is 9.23 Å². The Labute approximate surface area is 68.8 Å². The van der Waals surface area contributed by atoms with E-state index in [1.165, 1.54) is 0 Å². The SMILES string of the molecule is CCC(C)OC1C=CCC=C1. The van der Waals surface area contributed by atoms with Crippen molar-refractivity contribution < 1.29 is 4.74 Å². The second-order valence-electron chi connectivity index (χ2n) is 2.91. The van der Waals surface area contributed by atoms with Crippen molar-refractivity contribution in [1.29, 1.82) is 0 Å². The van der Waals surface area contributed by atoms with Gasteiger partial charge in [0, 0.05) is 0 Å². The molecule has 1 rings (SSSR count). The van der Waals surface area contributed by atoms with Gasteiger partial charge in [-0.15, -0.1) is 0 Å². The first kappa shape index (κ1) is 8.54. The van der Waals surface area contributed by atoms with Gasteiger partial charge in [-0.2, -0.15) is 0 Å². The second kappa shape index (κ2) is 4.35. The molecule has 11 heavy (non-hydrogen) atoms. The molecular weight excluding hydrogens is 136 g/mol. The van der Waals surface area contributed by atoms with Crippen LogP contribution in [0.5, 0.6) is 0 Å². The summed E-state index contributed by atoms with van der Waals surface area (Å²) in [5.41, 5.74) is 0. The molecule has 1 aliphatic carbocycles. The summed E-state index contributed by atoms with van der Waals surface area (Å²) in [6.45, 7) is 4.25. The standard InChI is InChI=1S/C10H16O/c1-3-9(2)11-10-7-5-4-6-8-10/h5-10H,3-4H2,1-2H3. The molecule has 0 amide bonds. The lowest BCUT2D eigenvalue weighted by Gasteiger charge is -2.17. The zero-order chi connectivity index (χ0) is 8.10. The Hall–Kier alpha value is -0.560. The van der Waals surface area contributed by atoms with E-state index in [-0.39, 0.29) is 6.10 Å². The highest BCUT2D eigenvalue weighted by molar-refractivity contribution is 5.10. The molecule has 0 bridgehead atoms. The Bertz CT molecular complexity index is 146. The fourth-order valence-corrected chi connectivity index (χ4v) is 1.02. The Morgan fingerprint density at radius 2 is 2.09 bits per heavy atom. The lowest BCUT2D eigenvalue weighted by Crippen LogP contribution is -2.16. The molecule has 0 aromatic carbocycles. The number of ether oxygens (including phenoxy) is 1. The van der Waals surface area contributed by atoms with Crippen LogP contribution in [0, 0.1) is 0 Å². The van der Waals surface area contributed by atoms with Crippen LogP contribution in [0.2, 0.25) is 0 Å². The van der Waals surface area contributed by atoms with Crippen molar-refractivity contribution >= 4 is 0 Å². The summed E-state index contributed by atoms with van der Waals surface area (Å²) in [6, 6.07) is 0. The molecule has 0 radical (unpaired) electrons. The van der Waals surface area contributed by atoms with Crippen LogP contribution >= 0.6 is 0 Å². The molecule has 0 aromatic rings. The summed E-state index contributed by atoms with van der Waals surface area (Å²) in [5.74, 6) is 0. The van der Waals surface area contributed by atoms with E-state index < -0.39 is 0 Å². The van der Waals surface area contributed by atoms with E-state index >= 15 is 0 Å². The van der Waals surface area contributed by atoms with Gasteiger partial charge in [-0.05, 0) is 19.8 Å². The van der Waals surface area contributed by atoms with Crippen LogP contribution in [0.25, 0.3) is 0 Å². The second-order valence-corrected chi connectivity index (χ2v) is 2.91. The number of allylic oxidation sites excluding steroid dienone is 2. The van der Waals surface area contributed by atoms with Gasteiger partial charge < -0.3 is 4.74 Å². The van der Waals surface area contributed by atoms with E-state index in [0.717, 1.165) is 12.8 Å². The fraction of sp³-hybridized carbons (Fsp3) is 0.600. The first-order valence-electron chi connectivity index (χ1n) is 4.31. The van der Waals surface area contributed by atoms with Crippen LogP contribution in [-0.2, 0) is 4.74 Å².